The molecule has 4 atom stereocenters. The first-order valence-electron chi connectivity index (χ1n) is 9.80. The van der Waals surface area contributed by atoms with Gasteiger partial charge in [0.25, 0.3) is 0 Å². The summed E-state index contributed by atoms with van der Waals surface area (Å²) < 4.78 is 18.3. The Hall–Kier alpha value is -1.84. The van der Waals surface area contributed by atoms with Crippen LogP contribution in [0.3, 0.4) is 0 Å². The number of methoxy groups -OCH3 is 1. The van der Waals surface area contributed by atoms with E-state index in [0.717, 1.165) is 5.75 Å². The fourth-order valence-electron chi connectivity index (χ4n) is 5.87. The van der Waals surface area contributed by atoms with Crippen LogP contribution < -0.4 is 4.74 Å². The molecule has 2 aromatic carbocycles. The van der Waals surface area contributed by atoms with Gasteiger partial charge in [0.05, 0.1) is 20.3 Å². The maximum absolute atomic E-state index is 6.47. The zero-order chi connectivity index (χ0) is 17.6. The lowest BCUT2D eigenvalue weighted by Gasteiger charge is -2.37. The van der Waals surface area contributed by atoms with Crippen molar-refractivity contribution in [2.24, 2.45) is 11.8 Å². The lowest BCUT2D eigenvalue weighted by atomic mass is 9.82. The number of rotatable bonds is 3. The van der Waals surface area contributed by atoms with E-state index in [0.29, 0.717) is 31.0 Å². The third-order valence-electron chi connectivity index (χ3n) is 6.72. The number of ether oxygens (including phenoxy) is 3. The van der Waals surface area contributed by atoms with Crippen LogP contribution in [0.4, 0.5) is 0 Å². The van der Waals surface area contributed by atoms with Gasteiger partial charge in [-0.15, -0.1) is 0 Å². The third-order valence-corrected chi connectivity index (χ3v) is 6.72. The van der Waals surface area contributed by atoms with Gasteiger partial charge in [-0.25, -0.2) is 0 Å². The van der Waals surface area contributed by atoms with Gasteiger partial charge in [0.2, 0.25) is 0 Å². The van der Waals surface area contributed by atoms with Crippen LogP contribution in [0.15, 0.2) is 54.6 Å². The van der Waals surface area contributed by atoms with Crippen molar-refractivity contribution < 1.29 is 14.2 Å². The minimum atomic E-state index is -0.522. The molecule has 1 heterocycles. The summed E-state index contributed by atoms with van der Waals surface area (Å²) in [5, 5.41) is 0. The molecule has 3 heteroatoms. The molecule has 3 nitrogen and oxygen atoms in total. The minimum absolute atomic E-state index is 0.286. The predicted molar refractivity (Wildman–Crippen MR) is 100 cm³/mol. The molecule has 0 N–H and O–H groups in total. The summed E-state index contributed by atoms with van der Waals surface area (Å²) in [7, 11) is 1.72. The van der Waals surface area contributed by atoms with Crippen molar-refractivity contribution >= 4 is 0 Å². The smallest absolute Gasteiger partial charge is 0.182 e. The molecule has 1 saturated heterocycles. The largest absolute Gasteiger partial charge is 0.497 e. The highest BCUT2D eigenvalue weighted by molar-refractivity contribution is 5.37. The second-order valence-electron chi connectivity index (χ2n) is 7.82. The molecule has 3 fully saturated rings. The lowest BCUT2D eigenvalue weighted by Crippen LogP contribution is -2.40. The van der Waals surface area contributed by atoms with Gasteiger partial charge in [-0.05, 0) is 47.9 Å². The van der Waals surface area contributed by atoms with E-state index in [1.807, 2.05) is 0 Å². The van der Waals surface area contributed by atoms with E-state index in [9.17, 15) is 0 Å². The van der Waals surface area contributed by atoms with E-state index < -0.39 is 5.79 Å². The summed E-state index contributed by atoms with van der Waals surface area (Å²) in [5.41, 5.74) is 2.69. The normalized spacial score (nSPS) is 32.0. The number of hydrogen-bond acceptors (Lipinski definition) is 3. The Morgan fingerprint density at radius 2 is 1.38 bits per heavy atom. The molecule has 1 aliphatic heterocycles. The van der Waals surface area contributed by atoms with Crippen molar-refractivity contribution in [3.05, 3.63) is 65.7 Å². The lowest BCUT2D eigenvalue weighted by molar-refractivity contribution is -0.180. The maximum Gasteiger partial charge on any atom is 0.182 e. The molecule has 4 unspecified atom stereocenters. The van der Waals surface area contributed by atoms with Gasteiger partial charge in [-0.1, -0.05) is 48.9 Å². The SMILES string of the molecule is COc1ccc(C2C3CCCC3C(c3ccccc3)C23OCCO3)cc1. The first-order chi connectivity index (χ1) is 12.8. The summed E-state index contributed by atoms with van der Waals surface area (Å²) >= 11 is 0. The Morgan fingerprint density at radius 3 is 1.96 bits per heavy atom. The molecule has 0 aromatic heterocycles. The second kappa shape index (κ2) is 6.40. The van der Waals surface area contributed by atoms with E-state index in [1.54, 1.807) is 7.11 Å². The zero-order valence-corrected chi connectivity index (χ0v) is 15.3. The highest BCUT2D eigenvalue weighted by atomic mass is 16.7. The predicted octanol–water partition coefficient (Wildman–Crippen LogP) is 4.74. The van der Waals surface area contributed by atoms with Crippen LogP contribution in [0.2, 0.25) is 0 Å². The van der Waals surface area contributed by atoms with E-state index >= 15 is 0 Å². The van der Waals surface area contributed by atoms with Crippen molar-refractivity contribution in [1.29, 1.82) is 0 Å². The number of fused-ring (bicyclic) bond motifs is 1. The third kappa shape index (κ3) is 2.34. The Balaban J connectivity index is 1.63. The van der Waals surface area contributed by atoms with Gasteiger partial charge < -0.3 is 14.2 Å². The van der Waals surface area contributed by atoms with E-state index in [2.05, 4.69) is 54.6 Å². The first kappa shape index (κ1) is 16.3. The topological polar surface area (TPSA) is 27.7 Å². The van der Waals surface area contributed by atoms with Gasteiger partial charge in [0.1, 0.15) is 5.75 Å². The molecule has 3 aliphatic rings. The van der Waals surface area contributed by atoms with Crippen LogP contribution in [0.25, 0.3) is 0 Å². The van der Waals surface area contributed by atoms with Gasteiger partial charge in [0.15, 0.2) is 5.79 Å². The standard InChI is InChI=1S/C23H26O3/c1-24-18-12-10-17(11-13-18)22-20-9-5-8-19(20)21(16-6-3-2-4-7-16)23(22)25-14-15-26-23/h2-4,6-7,10-13,19-22H,5,8-9,14-15H2,1H3. The average Bonchev–Trinajstić information content (AvgIpc) is 3.40. The summed E-state index contributed by atoms with van der Waals surface area (Å²) in [6.07, 6.45) is 3.84. The minimum Gasteiger partial charge on any atom is -0.497 e. The summed E-state index contributed by atoms with van der Waals surface area (Å²) in [6.45, 7) is 1.38. The van der Waals surface area contributed by atoms with Crippen molar-refractivity contribution in [3.63, 3.8) is 0 Å². The molecule has 0 amide bonds. The van der Waals surface area contributed by atoms with Crippen molar-refractivity contribution in [2.75, 3.05) is 20.3 Å². The van der Waals surface area contributed by atoms with Gasteiger partial charge in [-0.2, -0.15) is 0 Å². The van der Waals surface area contributed by atoms with E-state index in [1.165, 1.54) is 30.4 Å². The van der Waals surface area contributed by atoms with Crippen molar-refractivity contribution in [3.8, 4) is 5.75 Å². The first-order valence-corrected chi connectivity index (χ1v) is 9.80. The highest BCUT2D eigenvalue weighted by Crippen LogP contribution is 2.65. The quantitative estimate of drug-likeness (QED) is 0.800. The van der Waals surface area contributed by atoms with Gasteiger partial charge >= 0.3 is 0 Å². The van der Waals surface area contributed by atoms with Crippen LogP contribution in [0, 0.1) is 11.8 Å². The zero-order valence-electron chi connectivity index (χ0n) is 15.3. The van der Waals surface area contributed by atoms with Crippen LogP contribution >= 0.6 is 0 Å². The molecule has 2 aliphatic carbocycles. The summed E-state index contributed by atoms with van der Waals surface area (Å²) in [6, 6.07) is 19.4. The Bertz CT molecular complexity index is 749. The maximum atomic E-state index is 6.47. The second-order valence-corrected chi connectivity index (χ2v) is 7.82. The van der Waals surface area contributed by atoms with E-state index in [4.69, 9.17) is 14.2 Å². The monoisotopic (exact) mass is 350 g/mol. The fraction of sp³-hybridized carbons (Fsp3) is 0.478. The molecule has 5 rings (SSSR count). The Kier molecular flexibility index (Phi) is 4.02. The van der Waals surface area contributed by atoms with Gasteiger partial charge in [0, 0.05) is 11.8 Å². The number of hydrogen-bond donors (Lipinski definition) is 0. The van der Waals surface area contributed by atoms with Crippen LogP contribution in [-0.2, 0) is 9.47 Å². The average molecular weight is 350 g/mol. The van der Waals surface area contributed by atoms with E-state index in [-0.39, 0.29) is 5.92 Å². The summed E-state index contributed by atoms with van der Waals surface area (Å²) in [4.78, 5) is 0. The molecule has 0 radical (unpaired) electrons. The fourth-order valence-corrected chi connectivity index (χ4v) is 5.87. The van der Waals surface area contributed by atoms with Gasteiger partial charge in [-0.3, -0.25) is 0 Å². The van der Waals surface area contributed by atoms with Crippen LogP contribution in [0.1, 0.15) is 42.2 Å². The Morgan fingerprint density at radius 1 is 0.808 bits per heavy atom. The van der Waals surface area contributed by atoms with Crippen LogP contribution in [0.5, 0.6) is 5.75 Å². The molecule has 136 valence electrons. The molecule has 2 saturated carbocycles. The van der Waals surface area contributed by atoms with Crippen molar-refractivity contribution in [1.82, 2.24) is 0 Å². The molecule has 0 bridgehead atoms. The number of benzene rings is 2. The molecular weight excluding hydrogens is 324 g/mol. The molecular formula is C23H26O3. The molecule has 2 aromatic rings. The highest BCUT2D eigenvalue weighted by Gasteiger charge is 2.65. The van der Waals surface area contributed by atoms with Crippen LogP contribution in [-0.4, -0.2) is 26.1 Å². The molecule has 26 heavy (non-hydrogen) atoms. The van der Waals surface area contributed by atoms with Crippen molar-refractivity contribution in [2.45, 2.75) is 36.9 Å². The Labute approximate surface area is 155 Å². The summed E-state index contributed by atoms with van der Waals surface area (Å²) in [5.74, 6) is 2.22. The molecule has 1 spiro atoms.